The molecule has 0 aliphatic heterocycles. The van der Waals surface area contributed by atoms with E-state index < -0.39 is 5.97 Å². The van der Waals surface area contributed by atoms with Crippen LogP contribution in [0, 0.1) is 0 Å². The largest absolute Gasteiger partial charge is 0.480 e. The van der Waals surface area contributed by atoms with Crippen molar-refractivity contribution in [3.05, 3.63) is 0 Å². The Balaban J connectivity index is 3.43. The summed E-state index contributed by atoms with van der Waals surface area (Å²) in [5.74, 6) is 0.291. The van der Waals surface area contributed by atoms with Gasteiger partial charge in [0.1, 0.15) is 8.78 Å². The quantitative estimate of drug-likeness (QED) is 0.247. The summed E-state index contributed by atoms with van der Waals surface area (Å²) in [4.78, 5) is 11.1. The van der Waals surface area contributed by atoms with Crippen LogP contribution in [0.4, 0.5) is 0 Å². The molecule has 0 rings (SSSR count). The SMILES string of the molecule is CCCCCCCCCCCCSC(=S)SC(CCC)C(=O)O. The molecule has 0 saturated heterocycles. The van der Waals surface area contributed by atoms with E-state index in [0.29, 0.717) is 6.42 Å². The first-order valence-corrected chi connectivity index (χ1v) is 11.4. The third-order valence-electron chi connectivity index (χ3n) is 3.78. The molecule has 0 heterocycles. The number of hydrogen-bond donors (Lipinski definition) is 1. The Bertz CT molecular complexity index is 309. The number of carboxylic acid groups (broad SMARTS) is 1. The minimum atomic E-state index is -0.737. The molecule has 0 bridgehead atoms. The van der Waals surface area contributed by atoms with Gasteiger partial charge >= 0.3 is 5.97 Å². The molecule has 0 amide bonds. The normalized spacial score (nSPS) is 12.3. The van der Waals surface area contributed by atoms with Crippen LogP contribution in [0.5, 0.6) is 0 Å². The summed E-state index contributed by atoms with van der Waals surface area (Å²) in [7, 11) is 0. The summed E-state index contributed by atoms with van der Waals surface area (Å²) in [6.07, 6.45) is 15.0. The van der Waals surface area contributed by atoms with Crippen LogP contribution in [-0.4, -0.2) is 25.6 Å². The van der Waals surface area contributed by atoms with E-state index in [0.717, 1.165) is 15.7 Å². The summed E-state index contributed by atoms with van der Waals surface area (Å²) < 4.78 is 0.793. The van der Waals surface area contributed by atoms with Gasteiger partial charge < -0.3 is 5.11 Å². The van der Waals surface area contributed by atoms with Crippen molar-refractivity contribution in [3.63, 3.8) is 0 Å². The monoisotopic (exact) mass is 378 g/mol. The van der Waals surface area contributed by atoms with E-state index in [1.165, 1.54) is 76.0 Å². The highest BCUT2D eigenvalue weighted by molar-refractivity contribution is 8.47. The Morgan fingerprint density at radius 2 is 1.43 bits per heavy atom. The predicted molar refractivity (Wildman–Crippen MR) is 111 cm³/mol. The molecule has 23 heavy (non-hydrogen) atoms. The van der Waals surface area contributed by atoms with Crippen LogP contribution in [0.2, 0.25) is 0 Å². The van der Waals surface area contributed by atoms with E-state index in [2.05, 4.69) is 6.92 Å². The van der Waals surface area contributed by atoms with E-state index >= 15 is 0 Å². The first kappa shape index (κ1) is 23.3. The molecule has 0 radical (unpaired) electrons. The lowest BCUT2D eigenvalue weighted by Gasteiger charge is -2.11. The number of carbonyl (C=O) groups is 1. The molecule has 2 nitrogen and oxygen atoms in total. The van der Waals surface area contributed by atoms with E-state index in [9.17, 15) is 4.79 Å². The zero-order chi connectivity index (χ0) is 17.3. The lowest BCUT2D eigenvalue weighted by molar-refractivity contribution is -0.136. The molecule has 5 heteroatoms. The van der Waals surface area contributed by atoms with Crippen LogP contribution in [0.25, 0.3) is 0 Å². The van der Waals surface area contributed by atoms with Crippen LogP contribution in [0.15, 0.2) is 0 Å². The van der Waals surface area contributed by atoms with Crippen molar-refractivity contribution in [2.24, 2.45) is 0 Å². The van der Waals surface area contributed by atoms with E-state index in [4.69, 9.17) is 17.3 Å². The molecule has 0 saturated carbocycles. The van der Waals surface area contributed by atoms with Crippen molar-refractivity contribution in [2.45, 2.75) is 96.1 Å². The smallest absolute Gasteiger partial charge is 0.317 e. The highest BCUT2D eigenvalue weighted by Gasteiger charge is 2.19. The number of carboxylic acids is 1. The van der Waals surface area contributed by atoms with Crippen LogP contribution < -0.4 is 0 Å². The second-order valence-corrected chi connectivity index (χ2v) is 9.52. The molecular weight excluding hydrogens is 344 g/mol. The maximum Gasteiger partial charge on any atom is 0.317 e. The van der Waals surface area contributed by atoms with Crippen LogP contribution in [-0.2, 0) is 4.79 Å². The molecule has 0 aromatic rings. The van der Waals surface area contributed by atoms with Gasteiger partial charge in [0, 0.05) is 0 Å². The molecule has 1 unspecified atom stereocenters. The van der Waals surface area contributed by atoms with Gasteiger partial charge in [-0.2, -0.15) is 0 Å². The predicted octanol–water partition coefficient (Wildman–Crippen LogP) is 6.91. The van der Waals surface area contributed by atoms with Crippen LogP contribution in [0.1, 0.15) is 90.9 Å². The van der Waals surface area contributed by atoms with E-state index in [-0.39, 0.29) is 5.25 Å². The lowest BCUT2D eigenvalue weighted by atomic mass is 10.1. The van der Waals surface area contributed by atoms with Gasteiger partial charge in [-0.3, -0.25) is 4.79 Å². The zero-order valence-electron chi connectivity index (χ0n) is 14.8. The first-order valence-electron chi connectivity index (χ1n) is 9.18. The molecule has 0 fully saturated rings. The Hall–Kier alpha value is 0.260. The Morgan fingerprint density at radius 1 is 0.913 bits per heavy atom. The Labute approximate surface area is 157 Å². The first-order chi connectivity index (χ1) is 11.1. The van der Waals surface area contributed by atoms with Gasteiger partial charge in [-0.05, 0) is 18.6 Å². The number of rotatable bonds is 15. The fraction of sp³-hybridized carbons (Fsp3) is 0.889. The highest BCUT2D eigenvalue weighted by atomic mass is 32.2. The van der Waals surface area contributed by atoms with Crippen molar-refractivity contribution in [2.75, 3.05) is 5.75 Å². The van der Waals surface area contributed by atoms with Gasteiger partial charge in [0.15, 0.2) is 0 Å². The average molecular weight is 379 g/mol. The number of thiocarbonyl (C=S) groups is 1. The molecule has 1 N–H and O–H groups in total. The number of aliphatic carboxylic acids is 1. The van der Waals surface area contributed by atoms with Crippen LogP contribution in [0.3, 0.4) is 0 Å². The topological polar surface area (TPSA) is 37.3 Å². The van der Waals surface area contributed by atoms with Gasteiger partial charge in [0.2, 0.25) is 0 Å². The third-order valence-corrected chi connectivity index (χ3v) is 6.71. The van der Waals surface area contributed by atoms with Gasteiger partial charge in [0.25, 0.3) is 0 Å². The molecule has 0 spiro atoms. The zero-order valence-corrected chi connectivity index (χ0v) is 17.3. The molecule has 0 aliphatic carbocycles. The van der Waals surface area contributed by atoms with Gasteiger partial charge in [-0.25, -0.2) is 0 Å². The highest BCUT2D eigenvalue weighted by Crippen LogP contribution is 2.26. The van der Waals surface area contributed by atoms with Crippen LogP contribution >= 0.6 is 35.7 Å². The van der Waals surface area contributed by atoms with Crippen molar-refractivity contribution in [1.29, 1.82) is 0 Å². The maximum absolute atomic E-state index is 11.1. The van der Waals surface area contributed by atoms with E-state index in [1.54, 1.807) is 11.8 Å². The van der Waals surface area contributed by atoms with Gasteiger partial charge in [-0.15, -0.1) is 11.8 Å². The van der Waals surface area contributed by atoms with Crippen molar-refractivity contribution >= 4 is 45.2 Å². The second kappa shape index (κ2) is 17.1. The summed E-state index contributed by atoms with van der Waals surface area (Å²) >= 11 is 8.31. The minimum Gasteiger partial charge on any atom is -0.480 e. The fourth-order valence-corrected chi connectivity index (χ4v) is 5.06. The molecular formula is C18H34O2S3. The fourth-order valence-electron chi connectivity index (χ4n) is 2.39. The van der Waals surface area contributed by atoms with Crippen molar-refractivity contribution < 1.29 is 9.90 Å². The standard InChI is InChI=1S/C18H34O2S3/c1-3-5-6-7-8-9-10-11-12-13-15-22-18(21)23-16(14-4-2)17(19)20/h16H,3-15H2,1-2H3,(H,19,20). The minimum absolute atomic E-state index is 0.368. The summed E-state index contributed by atoms with van der Waals surface area (Å²) in [6.45, 7) is 4.27. The van der Waals surface area contributed by atoms with Crippen molar-refractivity contribution in [1.82, 2.24) is 0 Å². The Morgan fingerprint density at radius 3 is 1.91 bits per heavy atom. The van der Waals surface area contributed by atoms with E-state index in [1.807, 2.05) is 6.92 Å². The van der Waals surface area contributed by atoms with Gasteiger partial charge in [-0.1, -0.05) is 102 Å². The number of thioether (sulfide) groups is 2. The van der Waals surface area contributed by atoms with Crippen molar-refractivity contribution in [3.8, 4) is 0 Å². The average Bonchev–Trinajstić information content (AvgIpc) is 2.52. The summed E-state index contributed by atoms with van der Waals surface area (Å²) in [5, 5.41) is 8.76. The molecule has 0 aromatic heterocycles. The third kappa shape index (κ3) is 15.5. The second-order valence-electron chi connectivity index (χ2n) is 6.01. The molecule has 1 atom stereocenters. The summed E-state index contributed by atoms with van der Waals surface area (Å²) in [6, 6.07) is 0. The lowest BCUT2D eigenvalue weighted by Crippen LogP contribution is -2.17. The number of unbranched alkanes of at least 4 members (excludes halogenated alkanes) is 9. The molecule has 0 aromatic carbocycles. The maximum atomic E-state index is 11.1. The Kier molecular flexibility index (Phi) is 17.3. The molecule has 0 aliphatic rings. The number of hydrogen-bond acceptors (Lipinski definition) is 4. The van der Waals surface area contributed by atoms with Gasteiger partial charge in [0.05, 0.1) is 0 Å². The summed E-state index contributed by atoms with van der Waals surface area (Å²) in [5.41, 5.74) is 0. The molecule has 136 valence electrons.